The van der Waals surface area contributed by atoms with Crippen molar-refractivity contribution in [3.8, 4) is 0 Å². The number of halogens is 1. The molecule has 1 unspecified atom stereocenters. The van der Waals surface area contributed by atoms with Crippen molar-refractivity contribution in [2.24, 2.45) is 11.3 Å². The fourth-order valence-corrected chi connectivity index (χ4v) is 5.98. The maximum absolute atomic E-state index is 13.9. The molecule has 6 heteroatoms. The number of fused-ring (bicyclic) bond motifs is 3. The van der Waals surface area contributed by atoms with Crippen molar-refractivity contribution in [2.45, 2.75) is 33.6 Å². The molecule has 0 aliphatic heterocycles. The van der Waals surface area contributed by atoms with Crippen molar-refractivity contribution in [3.05, 3.63) is 118 Å². The van der Waals surface area contributed by atoms with Crippen LogP contribution in [0.2, 0.25) is 5.02 Å². The number of allylic oxidation sites excluding steroid dienone is 1. The minimum atomic E-state index is -0.525. The molecule has 4 aromatic carbocycles. The Morgan fingerprint density at radius 2 is 1.60 bits per heavy atom. The molecule has 1 N–H and O–H groups in total. The lowest BCUT2D eigenvalue weighted by Gasteiger charge is -2.36. The van der Waals surface area contributed by atoms with Crippen LogP contribution in [-0.2, 0) is 16.0 Å². The first kappa shape index (κ1) is 28.6. The number of rotatable bonds is 5. The molecule has 6 rings (SSSR count). The van der Waals surface area contributed by atoms with E-state index in [1.807, 2.05) is 91.0 Å². The number of esters is 1. The topological polar surface area (TPSA) is 68.3 Å². The lowest BCUT2D eigenvalue weighted by atomic mass is 9.69. The van der Waals surface area contributed by atoms with E-state index in [-0.39, 0.29) is 11.3 Å². The van der Waals surface area contributed by atoms with Crippen LogP contribution in [0.15, 0.2) is 91.0 Å². The first-order valence-electron chi connectivity index (χ1n) is 14.5. The summed E-state index contributed by atoms with van der Waals surface area (Å²) < 4.78 is 5.72. The minimum absolute atomic E-state index is 0.0120. The van der Waals surface area contributed by atoms with Crippen molar-refractivity contribution in [1.29, 1.82) is 0 Å². The van der Waals surface area contributed by atoms with Gasteiger partial charge in [-0.2, -0.15) is 0 Å². The Kier molecular flexibility index (Phi) is 7.76. The predicted octanol–water partition coefficient (Wildman–Crippen LogP) is 8.99. The summed E-state index contributed by atoms with van der Waals surface area (Å²) in [5.74, 6) is -0.654. The number of nitrogens with zero attached hydrogens (tertiary/aromatic N) is 1. The second-order valence-electron chi connectivity index (χ2n) is 12.2. The largest absolute Gasteiger partial charge is 0.452 e. The Balaban J connectivity index is 1.36. The molecule has 1 amide bonds. The molecule has 43 heavy (non-hydrogen) atoms. The van der Waals surface area contributed by atoms with E-state index in [1.54, 1.807) is 0 Å². The zero-order chi connectivity index (χ0) is 30.1. The molecule has 0 saturated heterocycles. The minimum Gasteiger partial charge on any atom is -0.452 e. The van der Waals surface area contributed by atoms with Crippen LogP contribution < -0.4 is 5.32 Å². The van der Waals surface area contributed by atoms with Gasteiger partial charge in [0.15, 0.2) is 6.61 Å². The Hall–Kier alpha value is -4.48. The lowest BCUT2D eigenvalue weighted by Crippen LogP contribution is -2.29. The average molecular weight is 589 g/mol. The van der Waals surface area contributed by atoms with Crippen LogP contribution in [0.4, 0.5) is 5.69 Å². The second kappa shape index (κ2) is 11.7. The summed E-state index contributed by atoms with van der Waals surface area (Å²) in [6, 6.07) is 28.9. The smallest absolute Gasteiger partial charge is 0.339 e. The van der Waals surface area contributed by atoms with Gasteiger partial charge in [0.05, 0.1) is 16.8 Å². The molecule has 1 aromatic heterocycles. The SMILES string of the molecule is CC(C)(C)C1C/C(=C\c2ccc(Cl)cc2)c2nc3ccccc3c(C(=O)OCC(=O)Nc3cccc4ccccc34)c2C1. The Bertz CT molecular complexity index is 1880. The summed E-state index contributed by atoms with van der Waals surface area (Å²) in [5, 5.41) is 6.25. The highest BCUT2D eigenvalue weighted by Gasteiger charge is 2.35. The van der Waals surface area contributed by atoms with Crippen molar-refractivity contribution in [2.75, 3.05) is 11.9 Å². The van der Waals surface area contributed by atoms with Gasteiger partial charge in [0.1, 0.15) is 0 Å². The highest BCUT2D eigenvalue weighted by atomic mass is 35.5. The summed E-state index contributed by atoms with van der Waals surface area (Å²) in [4.78, 5) is 32.0. The summed E-state index contributed by atoms with van der Waals surface area (Å²) in [6.07, 6.45) is 3.65. The highest BCUT2D eigenvalue weighted by molar-refractivity contribution is 6.30. The number of aromatic nitrogens is 1. The standard InChI is InChI=1S/C37H33ClN2O3/c1-37(2,3)26-20-25(19-23-15-17-27(38)18-16-23)35-30(21-26)34(29-12-6-7-13-32(29)40-35)36(42)43-22-33(41)39-31-14-8-10-24-9-4-5-11-28(24)31/h4-19,26H,20-22H2,1-3H3,(H,39,41)/b25-19+. The van der Waals surface area contributed by atoms with E-state index in [0.717, 1.165) is 45.0 Å². The quantitative estimate of drug-likeness (QED) is 0.208. The van der Waals surface area contributed by atoms with Crippen LogP contribution in [0.3, 0.4) is 0 Å². The number of carbonyl (C=O) groups excluding carboxylic acids is 2. The van der Waals surface area contributed by atoms with Crippen molar-refractivity contribution < 1.29 is 14.3 Å². The number of hydrogen-bond donors (Lipinski definition) is 1. The molecule has 1 heterocycles. The van der Waals surface area contributed by atoms with Crippen LogP contribution in [0.5, 0.6) is 0 Å². The number of amides is 1. The van der Waals surface area contributed by atoms with Gasteiger partial charge in [-0.25, -0.2) is 9.78 Å². The van der Waals surface area contributed by atoms with E-state index in [0.29, 0.717) is 28.2 Å². The van der Waals surface area contributed by atoms with Crippen LogP contribution in [0.1, 0.15) is 54.4 Å². The third kappa shape index (κ3) is 6.04. The number of ether oxygens (including phenoxy) is 1. The molecule has 0 radical (unpaired) electrons. The molecule has 0 saturated carbocycles. The van der Waals surface area contributed by atoms with Crippen LogP contribution in [-0.4, -0.2) is 23.5 Å². The van der Waals surface area contributed by atoms with Crippen LogP contribution >= 0.6 is 11.6 Å². The molecular weight excluding hydrogens is 556 g/mol. The Labute approximate surface area is 256 Å². The molecule has 1 aliphatic rings. The molecule has 216 valence electrons. The number of carbonyl (C=O) groups is 2. The number of benzene rings is 4. The molecule has 0 fully saturated rings. The van der Waals surface area contributed by atoms with E-state index < -0.39 is 18.5 Å². The summed E-state index contributed by atoms with van der Waals surface area (Å²) in [7, 11) is 0. The van der Waals surface area contributed by atoms with Crippen molar-refractivity contribution >= 4 is 62.5 Å². The van der Waals surface area contributed by atoms with Gasteiger partial charge in [0.2, 0.25) is 0 Å². The summed E-state index contributed by atoms with van der Waals surface area (Å²) in [6.45, 7) is 6.29. The number of para-hydroxylation sites is 1. The Morgan fingerprint density at radius 1 is 0.907 bits per heavy atom. The molecule has 0 spiro atoms. The normalized spacial score (nSPS) is 15.8. The van der Waals surface area contributed by atoms with E-state index in [2.05, 4.69) is 32.2 Å². The number of nitrogens with one attached hydrogen (secondary N) is 1. The summed E-state index contributed by atoms with van der Waals surface area (Å²) in [5.41, 5.74) is 5.61. The van der Waals surface area contributed by atoms with Gasteiger partial charge in [0.25, 0.3) is 5.91 Å². The third-order valence-corrected chi connectivity index (χ3v) is 8.50. The van der Waals surface area contributed by atoms with Gasteiger partial charge in [-0.05, 0) is 76.6 Å². The summed E-state index contributed by atoms with van der Waals surface area (Å²) >= 11 is 6.15. The van der Waals surface area contributed by atoms with Gasteiger partial charge in [-0.3, -0.25) is 4.79 Å². The Morgan fingerprint density at radius 3 is 2.37 bits per heavy atom. The van der Waals surface area contributed by atoms with Crippen molar-refractivity contribution in [3.63, 3.8) is 0 Å². The van der Waals surface area contributed by atoms with Gasteiger partial charge in [-0.15, -0.1) is 0 Å². The number of hydrogen-bond acceptors (Lipinski definition) is 4. The number of anilines is 1. The monoisotopic (exact) mass is 588 g/mol. The maximum Gasteiger partial charge on any atom is 0.339 e. The molecule has 0 bridgehead atoms. The van der Waals surface area contributed by atoms with E-state index >= 15 is 0 Å². The third-order valence-electron chi connectivity index (χ3n) is 8.25. The molecule has 5 aromatic rings. The zero-order valence-electron chi connectivity index (χ0n) is 24.5. The molecule has 1 atom stereocenters. The van der Waals surface area contributed by atoms with Crippen LogP contribution in [0.25, 0.3) is 33.3 Å². The molecule has 1 aliphatic carbocycles. The van der Waals surface area contributed by atoms with Crippen molar-refractivity contribution in [1.82, 2.24) is 4.98 Å². The number of pyridine rings is 1. The predicted molar refractivity (Wildman–Crippen MR) is 175 cm³/mol. The van der Waals surface area contributed by atoms with Gasteiger partial charge >= 0.3 is 5.97 Å². The average Bonchev–Trinajstić information content (AvgIpc) is 2.99. The highest BCUT2D eigenvalue weighted by Crippen LogP contribution is 2.45. The van der Waals surface area contributed by atoms with E-state index in [9.17, 15) is 9.59 Å². The van der Waals surface area contributed by atoms with Gasteiger partial charge in [-0.1, -0.05) is 99.1 Å². The van der Waals surface area contributed by atoms with Gasteiger partial charge in [0, 0.05) is 21.5 Å². The first-order valence-corrected chi connectivity index (χ1v) is 14.9. The second-order valence-corrected chi connectivity index (χ2v) is 12.6. The fourth-order valence-electron chi connectivity index (χ4n) is 5.85. The van der Waals surface area contributed by atoms with Crippen LogP contribution in [0, 0.1) is 11.3 Å². The fraction of sp³-hybridized carbons (Fsp3) is 0.216. The van der Waals surface area contributed by atoms with Gasteiger partial charge < -0.3 is 10.1 Å². The zero-order valence-corrected chi connectivity index (χ0v) is 25.2. The molecular formula is C37H33ClN2O3. The van der Waals surface area contributed by atoms with E-state index in [1.165, 1.54) is 0 Å². The lowest BCUT2D eigenvalue weighted by molar-refractivity contribution is -0.119. The van der Waals surface area contributed by atoms with E-state index in [4.69, 9.17) is 21.3 Å². The first-order chi connectivity index (χ1) is 20.7. The maximum atomic E-state index is 13.9. The molecule has 5 nitrogen and oxygen atoms in total.